The van der Waals surface area contributed by atoms with Gasteiger partial charge in [0, 0.05) is 0 Å². The van der Waals surface area contributed by atoms with Crippen LogP contribution in [0.15, 0.2) is 11.6 Å². The Hall–Kier alpha value is -1.20. The Morgan fingerprint density at radius 1 is 1.02 bits per heavy atom. The number of ether oxygens (including phenoxy) is 3. The number of rotatable bonds is 9. The number of hydrogen-bond donors (Lipinski definition) is 6. The highest BCUT2D eigenvalue weighted by Gasteiger charge is 2.66. The molecule has 6 rings (SSSR count). The van der Waals surface area contributed by atoms with Crippen molar-refractivity contribution in [2.45, 2.75) is 147 Å². The Kier molecular flexibility index (Phi) is 9.52. The van der Waals surface area contributed by atoms with E-state index in [1.54, 1.807) is 0 Å². The predicted molar refractivity (Wildman–Crippen MR) is 169 cm³/mol. The van der Waals surface area contributed by atoms with Crippen LogP contribution in [0.2, 0.25) is 0 Å². The first-order valence-electron chi connectivity index (χ1n) is 17.5. The largest absolute Gasteiger partial charge is 0.479 e. The summed E-state index contributed by atoms with van der Waals surface area (Å²) in [5.74, 6) is -1.09. The fraction of sp³-hybridized carbons (Fsp3) is 0.912. The number of carboxylic acids is 1. The van der Waals surface area contributed by atoms with Gasteiger partial charge in [-0.05, 0) is 98.2 Å². The Labute approximate surface area is 282 Å². The summed E-state index contributed by atoms with van der Waals surface area (Å²) in [6.45, 7) is 12.7. The standard InChI is InChI=1S/C34H54O13S/c1-15(2)16(3)27-29(45-27)34(6,40)23-8-7-19-18-14-22(47-48(41,42)43)21-13-17(9-11-32(21,4)20(18)10-12-33(19,23)5)44-31-26(37)24(35)25(36)28(46-31)30(38)39/h10,15-19,21-29,31,35-37,40H,7-9,11-14H2,1-6H3,(H,38,39)(H,41,42,43)/t16-,17+,18+,19+,21-,22+,23+,24+,25+,26-,27+,28+,29-,31-,32-,33+,34-/m1/s1. The van der Waals surface area contributed by atoms with Gasteiger partial charge in [-0.1, -0.05) is 46.3 Å². The minimum Gasteiger partial charge on any atom is -0.479 e. The lowest BCUT2D eigenvalue weighted by Crippen LogP contribution is -2.61. The molecular formula is C34H54O13S. The minimum atomic E-state index is -4.83. The molecule has 48 heavy (non-hydrogen) atoms. The van der Waals surface area contributed by atoms with Crippen molar-refractivity contribution in [2.75, 3.05) is 0 Å². The second-order valence-electron chi connectivity index (χ2n) is 16.7. The van der Waals surface area contributed by atoms with Gasteiger partial charge in [0.05, 0.1) is 23.9 Å². The molecule has 274 valence electrons. The Morgan fingerprint density at radius 2 is 1.71 bits per heavy atom. The van der Waals surface area contributed by atoms with E-state index in [2.05, 4.69) is 40.7 Å². The Balaban J connectivity index is 1.24. The number of aliphatic hydroxyl groups is 4. The van der Waals surface area contributed by atoms with Crippen molar-refractivity contribution < 1.29 is 61.7 Å². The Bertz CT molecular complexity index is 1380. The molecule has 0 unspecified atom stereocenters. The van der Waals surface area contributed by atoms with Gasteiger partial charge >= 0.3 is 16.4 Å². The summed E-state index contributed by atoms with van der Waals surface area (Å²) >= 11 is 0. The number of aliphatic hydroxyl groups excluding tert-OH is 3. The summed E-state index contributed by atoms with van der Waals surface area (Å²) in [5, 5.41) is 52.4. The first-order chi connectivity index (χ1) is 22.2. The number of aliphatic carboxylic acids is 1. The average molecular weight is 703 g/mol. The summed E-state index contributed by atoms with van der Waals surface area (Å²) in [6.07, 6.45) is -4.09. The molecule has 5 fully saturated rings. The summed E-state index contributed by atoms with van der Waals surface area (Å²) in [5.41, 5.74) is -0.570. The van der Waals surface area contributed by atoms with E-state index in [-0.39, 0.29) is 41.8 Å². The minimum absolute atomic E-state index is 0.0140. The lowest BCUT2D eigenvalue weighted by atomic mass is 9.47. The van der Waals surface area contributed by atoms with E-state index >= 15 is 0 Å². The van der Waals surface area contributed by atoms with Gasteiger partial charge in [0.2, 0.25) is 0 Å². The molecule has 0 spiro atoms. The summed E-state index contributed by atoms with van der Waals surface area (Å²) in [4.78, 5) is 11.6. The van der Waals surface area contributed by atoms with Crippen molar-refractivity contribution in [1.82, 2.24) is 0 Å². The zero-order valence-corrected chi connectivity index (χ0v) is 29.5. The van der Waals surface area contributed by atoms with Crippen molar-refractivity contribution in [1.29, 1.82) is 0 Å². The molecule has 0 amide bonds. The van der Waals surface area contributed by atoms with E-state index in [0.717, 1.165) is 19.3 Å². The highest BCUT2D eigenvalue weighted by atomic mass is 32.3. The van der Waals surface area contributed by atoms with Crippen molar-refractivity contribution in [2.24, 2.45) is 46.3 Å². The highest BCUT2D eigenvalue weighted by molar-refractivity contribution is 7.80. The molecule has 0 radical (unpaired) electrons. The van der Waals surface area contributed by atoms with E-state index in [9.17, 15) is 43.3 Å². The fourth-order valence-corrected chi connectivity index (χ4v) is 11.3. The number of hydrogen-bond acceptors (Lipinski definition) is 11. The zero-order valence-electron chi connectivity index (χ0n) is 28.6. The predicted octanol–water partition coefficient (Wildman–Crippen LogP) is 2.45. The topological polar surface area (TPSA) is 213 Å². The van der Waals surface area contributed by atoms with E-state index in [1.165, 1.54) is 5.57 Å². The maximum atomic E-state index is 12.2. The Morgan fingerprint density at radius 3 is 2.33 bits per heavy atom. The molecule has 4 aliphatic carbocycles. The van der Waals surface area contributed by atoms with Crippen LogP contribution in [0, 0.1) is 46.3 Å². The van der Waals surface area contributed by atoms with Crippen LogP contribution in [0.5, 0.6) is 0 Å². The summed E-state index contributed by atoms with van der Waals surface area (Å²) in [6, 6.07) is 0. The monoisotopic (exact) mass is 702 g/mol. The smallest absolute Gasteiger partial charge is 0.397 e. The normalized spacial score (nSPS) is 49.2. The first-order valence-corrected chi connectivity index (χ1v) is 18.9. The number of allylic oxidation sites excluding steroid dienone is 2. The van der Waals surface area contributed by atoms with Gasteiger partial charge in [-0.25, -0.2) is 8.98 Å². The van der Waals surface area contributed by atoms with E-state index in [4.69, 9.17) is 18.4 Å². The second-order valence-corrected chi connectivity index (χ2v) is 17.7. The third-order valence-corrected chi connectivity index (χ3v) is 14.2. The van der Waals surface area contributed by atoms with Crippen molar-refractivity contribution >= 4 is 16.4 Å². The van der Waals surface area contributed by atoms with Crippen molar-refractivity contribution in [3.8, 4) is 0 Å². The van der Waals surface area contributed by atoms with Gasteiger partial charge < -0.3 is 39.7 Å². The average Bonchev–Trinajstić information content (AvgIpc) is 3.72. The number of fused-ring (bicyclic) bond motifs is 5. The lowest BCUT2D eigenvalue weighted by Gasteiger charge is -2.59. The lowest BCUT2D eigenvalue weighted by molar-refractivity contribution is -0.309. The molecule has 14 heteroatoms. The van der Waals surface area contributed by atoms with Crippen molar-refractivity contribution in [3.63, 3.8) is 0 Å². The number of carbonyl (C=O) groups is 1. The van der Waals surface area contributed by atoms with Crippen LogP contribution in [0.4, 0.5) is 0 Å². The molecule has 17 atom stereocenters. The molecule has 0 bridgehead atoms. The van der Waals surface area contributed by atoms with E-state index in [1.807, 2.05) is 6.92 Å². The van der Waals surface area contributed by atoms with Gasteiger partial charge in [-0.3, -0.25) is 4.55 Å². The third kappa shape index (κ3) is 6.09. The molecule has 6 N–H and O–H groups in total. The van der Waals surface area contributed by atoms with Crippen LogP contribution < -0.4 is 0 Å². The highest BCUT2D eigenvalue weighted by Crippen LogP contribution is 2.68. The SMILES string of the molecule is CC(C)[C@@H](C)[C@@H]1O[C@H]1[C@](C)(O)[C@H]1CC[C@H]2[C@@H]3C[C@H](OS(=O)(=O)O)[C@H]4C[C@@H](O[C@@H]5O[C@H](C(=O)O)[C@@H](O)[C@H](O)[C@H]5O)CC[C@]4(C)C3=CC[C@]12C. The van der Waals surface area contributed by atoms with Crippen LogP contribution in [-0.2, 0) is 33.6 Å². The molecule has 2 saturated heterocycles. The molecule has 2 aliphatic heterocycles. The van der Waals surface area contributed by atoms with Gasteiger partial charge in [0.25, 0.3) is 0 Å². The van der Waals surface area contributed by atoms with Crippen LogP contribution in [0.3, 0.4) is 0 Å². The summed E-state index contributed by atoms with van der Waals surface area (Å²) < 4.78 is 57.3. The molecular weight excluding hydrogens is 648 g/mol. The molecule has 2 heterocycles. The van der Waals surface area contributed by atoms with E-state index in [0.29, 0.717) is 31.1 Å². The zero-order chi connectivity index (χ0) is 35.3. The molecule has 0 aromatic rings. The fourth-order valence-electron chi connectivity index (χ4n) is 10.8. The maximum Gasteiger partial charge on any atom is 0.397 e. The second kappa shape index (κ2) is 12.5. The van der Waals surface area contributed by atoms with Gasteiger partial charge in [-0.2, -0.15) is 8.42 Å². The van der Waals surface area contributed by atoms with E-state index < -0.39 is 76.2 Å². The maximum absolute atomic E-state index is 12.2. The van der Waals surface area contributed by atoms with Crippen LogP contribution in [-0.4, -0.2) is 105 Å². The van der Waals surface area contributed by atoms with Crippen LogP contribution in [0.1, 0.15) is 86.5 Å². The third-order valence-electron chi connectivity index (χ3n) is 13.7. The summed E-state index contributed by atoms with van der Waals surface area (Å²) in [7, 11) is -4.83. The number of carboxylic acid groups (broad SMARTS) is 1. The van der Waals surface area contributed by atoms with Gasteiger partial charge in [0.15, 0.2) is 12.4 Å². The van der Waals surface area contributed by atoms with Crippen LogP contribution in [0.25, 0.3) is 0 Å². The molecule has 0 aromatic carbocycles. The van der Waals surface area contributed by atoms with Crippen LogP contribution >= 0.6 is 0 Å². The molecule has 6 aliphatic rings. The molecule has 3 saturated carbocycles. The van der Waals surface area contributed by atoms with Gasteiger partial charge in [0.1, 0.15) is 24.4 Å². The molecule has 0 aromatic heterocycles. The molecule has 13 nitrogen and oxygen atoms in total. The van der Waals surface area contributed by atoms with Gasteiger partial charge in [-0.15, -0.1) is 0 Å². The number of epoxide rings is 1. The quantitative estimate of drug-likeness (QED) is 0.0883. The first kappa shape index (κ1) is 36.6. The van der Waals surface area contributed by atoms with Crippen molar-refractivity contribution in [3.05, 3.63) is 11.6 Å².